The molecule has 1 aliphatic rings. The van der Waals surface area contributed by atoms with Gasteiger partial charge in [0.05, 0.1) is 0 Å². The van der Waals surface area contributed by atoms with E-state index in [0.717, 1.165) is 17.2 Å². The molecule has 1 amide bonds. The van der Waals surface area contributed by atoms with Crippen LogP contribution in [0.1, 0.15) is 10.4 Å². The van der Waals surface area contributed by atoms with Crippen LogP contribution in [0.5, 0.6) is 0 Å². The number of rotatable bonds is 3. The molecule has 4 heteroatoms. The molecule has 0 aliphatic carbocycles. The highest BCUT2D eigenvalue weighted by Crippen LogP contribution is 2.21. The van der Waals surface area contributed by atoms with Crippen LogP contribution in [0.25, 0.3) is 0 Å². The molecule has 0 aromatic heterocycles. The summed E-state index contributed by atoms with van der Waals surface area (Å²) in [6.45, 7) is 0. The van der Waals surface area contributed by atoms with Crippen LogP contribution < -0.4 is 11.1 Å². The fraction of sp³-hybridized carbons (Fsp3) is 0.300. The summed E-state index contributed by atoms with van der Waals surface area (Å²) in [5.74, 6) is 1.95. The monoisotopic (exact) mass is 208 g/mol. The lowest BCUT2D eigenvalue weighted by Gasteiger charge is -2.26. The average molecular weight is 208 g/mol. The van der Waals surface area contributed by atoms with Crippen molar-refractivity contribution < 1.29 is 4.79 Å². The molecule has 3 nitrogen and oxygen atoms in total. The van der Waals surface area contributed by atoms with Crippen LogP contribution in [0.15, 0.2) is 24.3 Å². The van der Waals surface area contributed by atoms with E-state index in [1.807, 2.05) is 23.9 Å². The zero-order chi connectivity index (χ0) is 9.97. The van der Waals surface area contributed by atoms with Gasteiger partial charge in [-0.25, -0.2) is 0 Å². The Hall–Kier alpha value is -1.16. The number of thioether (sulfide) groups is 1. The summed E-state index contributed by atoms with van der Waals surface area (Å²) in [5.41, 5.74) is 6.75. The minimum Gasteiger partial charge on any atom is -0.381 e. The normalized spacial score (nSPS) is 16.0. The molecule has 1 saturated heterocycles. The van der Waals surface area contributed by atoms with Gasteiger partial charge in [0.2, 0.25) is 5.91 Å². The van der Waals surface area contributed by atoms with E-state index in [1.54, 1.807) is 12.1 Å². The lowest BCUT2D eigenvalue weighted by atomic mass is 10.2. The summed E-state index contributed by atoms with van der Waals surface area (Å²) >= 11 is 1.94. The number of anilines is 1. The van der Waals surface area contributed by atoms with E-state index in [-0.39, 0.29) is 5.91 Å². The van der Waals surface area contributed by atoms with Gasteiger partial charge in [0.25, 0.3) is 0 Å². The molecule has 1 heterocycles. The highest BCUT2D eigenvalue weighted by atomic mass is 32.2. The minimum atomic E-state index is -0.379. The number of hydrogen-bond donors (Lipinski definition) is 2. The standard InChI is InChI=1S/C10H12N2OS/c11-10(13)7-1-3-8(4-2-7)12-9-5-14-6-9/h1-4,9,12H,5-6H2,(H2,11,13). The largest absolute Gasteiger partial charge is 0.381 e. The second-order valence-electron chi connectivity index (χ2n) is 3.32. The van der Waals surface area contributed by atoms with Crippen molar-refractivity contribution >= 4 is 23.4 Å². The summed E-state index contributed by atoms with van der Waals surface area (Å²) in [7, 11) is 0. The Morgan fingerprint density at radius 1 is 1.36 bits per heavy atom. The molecular weight excluding hydrogens is 196 g/mol. The molecule has 1 aromatic rings. The predicted molar refractivity (Wildman–Crippen MR) is 59.7 cm³/mol. The number of amides is 1. The third-order valence-corrected chi connectivity index (χ3v) is 3.45. The van der Waals surface area contributed by atoms with Crippen molar-refractivity contribution in [3.05, 3.63) is 29.8 Å². The molecule has 0 spiro atoms. The molecule has 74 valence electrons. The maximum absolute atomic E-state index is 10.8. The van der Waals surface area contributed by atoms with E-state index in [9.17, 15) is 4.79 Å². The van der Waals surface area contributed by atoms with Crippen LogP contribution in [0, 0.1) is 0 Å². The summed E-state index contributed by atoms with van der Waals surface area (Å²) in [6, 6.07) is 7.86. The molecule has 0 bridgehead atoms. The number of nitrogens with two attached hydrogens (primary N) is 1. The van der Waals surface area contributed by atoms with Crippen molar-refractivity contribution in [3.63, 3.8) is 0 Å². The van der Waals surface area contributed by atoms with Gasteiger partial charge in [0.1, 0.15) is 0 Å². The zero-order valence-corrected chi connectivity index (χ0v) is 8.51. The van der Waals surface area contributed by atoms with Crippen molar-refractivity contribution in [1.82, 2.24) is 0 Å². The molecule has 1 fully saturated rings. The first-order valence-corrected chi connectivity index (χ1v) is 5.65. The van der Waals surface area contributed by atoms with Crippen LogP contribution in [-0.4, -0.2) is 23.5 Å². The zero-order valence-electron chi connectivity index (χ0n) is 7.69. The van der Waals surface area contributed by atoms with E-state index in [0.29, 0.717) is 11.6 Å². The Kier molecular flexibility index (Phi) is 2.63. The Morgan fingerprint density at radius 3 is 2.43 bits per heavy atom. The summed E-state index contributed by atoms with van der Waals surface area (Å²) in [4.78, 5) is 10.8. The topological polar surface area (TPSA) is 55.1 Å². The Labute approximate surface area is 87.1 Å². The SMILES string of the molecule is NC(=O)c1ccc(NC2CSC2)cc1. The lowest BCUT2D eigenvalue weighted by Crippen LogP contribution is -2.33. The fourth-order valence-corrected chi connectivity index (χ4v) is 1.92. The molecule has 1 aliphatic heterocycles. The second kappa shape index (κ2) is 3.92. The number of benzene rings is 1. The van der Waals surface area contributed by atoms with Gasteiger partial charge >= 0.3 is 0 Å². The van der Waals surface area contributed by atoms with Crippen molar-refractivity contribution in [3.8, 4) is 0 Å². The van der Waals surface area contributed by atoms with Gasteiger partial charge in [-0.15, -0.1) is 0 Å². The Bertz CT molecular complexity index is 332. The second-order valence-corrected chi connectivity index (χ2v) is 4.40. The van der Waals surface area contributed by atoms with E-state index < -0.39 is 0 Å². The van der Waals surface area contributed by atoms with Crippen molar-refractivity contribution in [2.75, 3.05) is 16.8 Å². The first-order chi connectivity index (χ1) is 6.75. The van der Waals surface area contributed by atoms with Crippen molar-refractivity contribution in [2.45, 2.75) is 6.04 Å². The number of nitrogens with one attached hydrogen (secondary N) is 1. The molecule has 0 unspecified atom stereocenters. The molecule has 14 heavy (non-hydrogen) atoms. The van der Waals surface area contributed by atoms with Gasteiger partial charge in [-0.05, 0) is 24.3 Å². The van der Waals surface area contributed by atoms with Gasteiger partial charge < -0.3 is 11.1 Å². The number of carbonyl (C=O) groups is 1. The lowest BCUT2D eigenvalue weighted by molar-refractivity contribution is 0.100. The first-order valence-electron chi connectivity index (χ1n) is 4.50. The highest BCUT2D eigenvalue weighted by molar-refractivity contribution is 8.00. The highest BCUT2D eigenvalue weighted by Gasteiger charge is 2.17. The van der Waals surface area contributed by atoms with Crippen LogP contribution in [-0.2, 0) is 0 Å². The minimum absolute atomic E-state index is 0.379. The predicted octanol–water partition coefficient (Wildman–Crippen LogP) is 1.31. The maximum atomic E-state index is 10.8. The molecule has 0 radical (unpaired) electrons. The third kappa shape index (κ3) is 2.01. The third-order valence-electron chi connectivity index (χ3n) is 2.18. The quantitative estimate of drug-likeness (QED) is 0.787. The molecule has 0 atom stereocenters. The molecule has 2 rings (SSSR count). The van der Waals surface area contributed by atoms with Gasteiger partial charge in [-0.2, -0.15) is 11.8 Å². The van der Waals surface area contributed by atoms with Crippen LogP contribution in [0.4, 0.5) is 5.69 Å². The number of primary amides is 1. The summed E-state index contributed by atoms with van der Waals surface area (Å²) < 4.78 is 0. The van der Waals surface area contributed by atoms with Crippen LogP contribution >= 0.6 is 11.8 Å². The fourth-order valence-electron chi connectivity index (χ4n) is 1.29. The van der Waals surface area contributed by atoms with Gasteiger partial charge in [0.15, 0.2) is 0 Å². The van der Waals surface area contributed by atoms with Crippen molar-refractivity contribution in [2.24, 2.45) is 5.73 Å². The van der Waals surface area contributed by atoms with Crippen molar-refractivity contribution in [1.29, 1.82) is 0 Å². The van der Waals surface area contributed by atoms with E-state index in [2.05, 4.69) is 5.32 Å². The summed E-state index contributed by atoms with van der Waals surface area (Å²) in [5, 5.41) is 3.37. The number of hydrogen-bond acceptors (Lipinski definition) is 3. The average Bonchev–Trinajstić information content (AvgIpc) is 2.12. The molecule has 1 aromatic carbocycles. The first kappa shape index (κ1) is 9.40. The Morgan fingerprint density at radius 2 is 2.00 bits per heavy atom. The maximum Gasteiger partial charge on any atom is 0.248 e. The molecule has 3 N–H and O–H groups in total. The van der Waals surface area contributed by atoms with Crippen LogP contribution in [0.3, 0.4) is 0 Å². The summed E-state index contributed by atoms with van der Waals surface area (Å²) in [6.07, 6.45) is 0. The van der Waals surface area contributed by atoms with Gasteiger partial charge in [-0.3, -0.25) is 4.79 Å². The van der Waals surface area contributed by atoms with Gasteiger partial charge in [0, 0.05) is 28.8 Å². The van der Waals surface area contributed by atoms with E-state index in [1.165, 1.54) is 0 Å². The van der Waals surface area contributed by atoms with Gasteiger partial charge in [-0.1, -0.05) is 0 Å². The molecule has 0 saturated carbocycles. The smallest absolute Gasteiger partial charge is 0.248 e. The number of carbonyl (C=O) groups excluding carboxylic acids is 1. The molecular formula is C10H12N2OS. The van der Waals surface area contributed by atoms with E-state index in [4.69, 9.17) is 5.73 Å². The Balaban J connectivity index is 2.01. The van der Waals surface area contributed by atoms with Crippen LogP contribution in [0.2, 0.25) is 0 Å². The van der Waals surface area contributed by atoms with E-state index >= 15 is 0 Å².